The highest BCUT2D eigenvalue weighted by atomic mass is 16.1. The molecule has 0 spiro atoms. The van der Waals surface area contributed by atoms with Crippen molar-refractivity contribution in [1.82, 2.24) is 19.9 Å². The van der Waals surface area contributed by atoms with Crippen LogP contribution in [0.2, 0.25) is 0 Å². The Hall–Kier alpha value is -2.47. The lowest BCUT2D eigenvalue weighted by Gasteiger charge is -2.16. The Morgan fingerprint density at radius 3 is 2.65 bits per heavy atom. The number of hydrogen-bond donors (Lipinski definition) is 3. The summed E-state index contributed by atoms with van der Waals surface area (Å²) in [7, 11) is 0. The van der Waals surface area contributed by atoms with E-state index in [1.54, 1.807) is 6.20 Å². The first-order valence-electron chi connectivity index (χ1n) is 6.28. The minimum absolute atomic E-state index is 0.219. The number of rotatable bonds is 2. The molecule has 0 amide bonds. The van der Waals surface area contributed by atoms with Crippen molar-refractivity contribution in [2.24, 2.45) is 5.73 Å². The number of benzene rings is 1. The lowest BCUT2D eigenvalue weighted by atomic mass is 10.1. The van der Waals surface area contributed by atoms with Crippen LogP contribution in [0, 0.1) is 0 Å². The highest BCUT2D eigenvalue weighted by Crippen LogP contribution is 2.22. The number of nitrogens with two attached hydrogens (primary N) is 1. The summed E-state index contributed by atoms with van der Waals surface area (Å²) in [5.74, 6) is 0.581. The van der Waals surface area contributed by atoms with E-state index in [1.165, 1.54) is 0 Å². The van der Waals surface area contributed by atoms with Crippen LogP contribution >= 0.6 is 0 Å². The van der Waals surface area contributed by atoms with Gasteiger partial charge in [0.25, 0.3) is 0 Å². The van der Waals surface area contributed by atoms with Gasteiger partial charge >= 0.3 is 5.69 Å². The van der Waals surface area contributed by atoms with E-state index in [0.29, 0.717) is 5.82 Å². The van der Waals surface area contributed by atoms with E-state index in [1.807, 2.05) is 38.1 Å². The number of aromatic nitrogens is 4. The van der Waals surface area contributed by atoms with E-state index in [0.717, 1.165) is 22.3 Å². The summed E-state index contributed by atoms with van der Waals surface area (Å²) in [5, 5.41) is 0. The van der Waals surface area contributed by atoms with Crippen LogP contribution in [-0.2, 0) is 5.54 Å². The summed E-state index contributed by atoms with van der Waals surface area (Å²) in [5.41, 5.74) is 8.41. The molecule has 2 heterocycles. The van der Waals surface area contributed by atoms with E-state index in [9.17, 15) is 4.79 Å². The molecule has 0 radical (unpaired) electrons. The lowest BCUT2D eigenvalue weighted by molar-refractivity contribution is 0.514. The fourth-order valence-electron chi connectivity index (χ4n) is 2.02. The molecular formula is C14H15N5O. The van der Waals surface area contributed by atoms with Gasteiger partial charge in [0.1, 0.15) is 5.82 Å². The van der Waals surface area contributed by atoms with Crippen LogP contribution < -0.4 is 11.4 Å². The van der Waals surface area contributed by atoms with Crippen molar-refractivity contribution in [2.75, 3.05) is 0 Å². The molecule has 3 aromatic rings. The lowest BCUT2D eigenvalue weighted by Crippen LogP contribution is -2.31. The first-order chi connectivity index (χ1) is 9.43. The first-order valence-corrected chi connectivity index (χ1v) is 6.28. The number of fused-ring (bicyclic) bond motifs is 1. The van der Waals surface area contributed by atoms with Gasteiger partial charge in [0, 0.05) is 11.8 Å². The molecule has 0 unspecified atom stereocenters. The maximum absolute atomic E-state index is 11.3. The largest absolute Gasteiger partial charge is 0.323 e. The zero-order valence-electron chi connectivity index (χ0n) is 11.3. The van der Waals surface area contributed by atoms with Gasteiger partial charge in [-0.1, -0.05) is 6.07 Å². The normalized spacial score (nSPS) is 11.9. The van der Waals surface area contributed by atoms with Crippen molar-refractivity contribution in [2.45, 2.75) is 19.4 Å². The van der Waals surface area contributed by atoms with Crippen LogP contribution in [0.3, 0.4) is 0 Å². The zero-order valence-corrected chi connectivity index (χ0v) is 11.3. The number of hydrogen-bond acceptors (Lipinski definition) is 4. The number of aromatic amines is 2. The fourth-order valence-corrected chi connectivity index (χ4v) is 2.02. The summed E-state index contributed by atoms with van der Waals surface area (Å²) < 4.78 is 0. The van der Waals surface area contributed by atoms with Gasteiger partial charge in [-0.2, -0.15) is 0 Å². The Morgan fingerprint density at radius 1 is 1.15 bits per heavy atom. The van der Waals surface area contributed by atoms with Gasteiger partial charge < -0.3 is 15.7 Å². The molecule has 0 saturated heterocycles. The molecule has 0 aliphatic carbocycles. The molecule has 0 bridgehead atoms. The van der Waals surface area contributed by atoms with Gasteiger partial charge in [0.2, 0.25) is 0 Å². The van der Waals surface area contributed by atoms with E-state index < -0.39 is 5.54 Å². The Labute approximate surface area is 115 Å². The maximum Gasteiger partial charge on any atom is 0.323 e. The summed E-state index contributed by atoms with van der Waals surface area (Å²) in [6.07, 6.45) is 1.69. The van der Waals surface area contributed by atoms with Crippen molar-refractivity contribution >= 4 is 11.0 Å². The average molecular weight is 269 g/mol. The molecule has 102 valence electrons. The Morgan fingerprint density at radius 2 is 1.90 bits per heavy atom. The molecule has 0 aliphatic rings. The quantitative estimate of drug-likeness (QED) is 0.656. The van der Waals surface area contributed by atoms with Crippen LogP contribution in [0.1, 0.15) is 19.7 Å². The van der Waals surface area contributed by atoms with Gasteiger partial charge in [-0.25, -0.2) is 14.8 Å². The van der Waals surface area contributed by atoms with E-state index in [-0.39, 0.29) is 5.69 Å². The second-order valence-corrected chi connectivity index (χ2v) is 5.33. The van der Waals surface area contributed by atoms with Crippen LogP contribution in [0.5, 0.6) is 0 Å². The van der Waals surface area contributed by atoms with Gasteiger partial charge in [-0.05, 0) is 32.0 Å². The summed E-state index contributed by atoms with van der Waals surface area (Å²) in [6, 6.07) is 7.45. The van der Waals surface area contributed by atoms with E-state index >= 15 is 0 Å². The van der Waals surface area contributed by atoms with Crippen LogP contribution in [0.25, 0.3) is 22.3 Å². The number of imidazole rings is 1. The molecule has 1 aromatic carbocycles. The summed E-state index contributed by atoms with van der Waals surface area (Å²) >= 11 is 0. The van der Waals surface area contributed by atoms with Gasteiger partial charge in [0.15, 0.2) is 0 Å². The smallest absolute Gasteiger partial charge is 0.319 e. The fraction of sp³-hybridized carbons (Fsp3) is 0.214. The minimum Gasteiger partial charge on any atom is -0.319 e. The Kier molecular flexibility index (Phi) is 2.69. The highest BCUT2D eigenvalue weighted by molar-refractivity contribution is 5.80. The van der Waals surface area contributed by atoms with Crippen molar-refractivity contribution in [3.63, 3.8) is 0 Å². The van der Waals surface area contributed by atoms with Crippen LogP contribution in [0.4, 0.5) is 0 Å². The topological polar surface area (TPSA) is 100 Å². The monoisotopic (exact) mass is 269 g/mol. The molecule has 6 heteroatoms. The number of nitrogens with one attached hydrogen (secondary N) is 2. The number of H-pyrrole nitrogens is 2. The van der Waals surface area contributed by atoms with Crippen molar-refractivity contribution in [1.29, 1.82) is 0 Å². The molecule has 0 saturated carbocycles. The van der Waals surface area contributed by atoms with Gasteiger partial charge in [-0.15, -0.1) is 0 Å². The third kappa shape index (κ3) is 2.21. The average Bonchev–Trinajstić information content (AvgIpc) is 2.77. The second-order valence-electron chi connectivity index (χ2n) is 5.33. The second kappa shape index (κ2) is 4.28. The van der Waals surface area contributed by atoms with E-state index in [2.05, 4.69) is 19.9 Å². The Bertz CT molecular complexity index is 825. The SMILES string of the molecule is CC(C)(N)c1nccc(-c2ccc3[nH]c(=O)[nH]c3c2)n1. The summed E-state index contributed by atoms with van der Waals surface area (Å²) in [6.45, 7) is 3.72. The molecular weight excluding hydrogens is 254 g/mol. The molecule has 3 rings (SSSR count). The van der Waals surface area contributed by atoms with Crippen molar-refractivity contribution < 1.29 is 0 Å². The van der Waals surface area contributed by atoms with Crippen LogP contribution in [0.15, 0.2) is 35.3 Å². The Balaban J connectivity index is 2.12. The first kappa shape index (κ1) is 12.6. The van der Waals surface area contributed by atoms with Crippen molar-refractivity contribution in [3.8, 4) is 11.3 Å². The molecule has 2 aromatic heterocycles. The molecule has 6 nitrogen and oxygen atoms in total. The van der Waals surface area contributed by atoms with Gasteiger partial charge in [0.05, 0.1) is 22.3 Å². The standard InChI is InChI=1S/C14H15N5O/c1-14(2,15)12-16-6-5-9(17-12)8-3-4-10-11(7-8)19-13(20)18-10/h3-7H,15H2,1-2H3,(H2,18,19,20). The van der Waals surface area contributed by atoms with Crippen molar-refractivity contribution in [3.05, 3.63) is 46.8 Å². The van der Waals surface area contributed by atoms with E-state index in [4.69, 9.17) is 5.73 Å². The highest BCUT2D eigenvalue weighted by Gasteiger charge is 2.18. The zero-order chi connectivity index (χ0) is 14.3. The maximum atomic E-state index is 11.3. The van der Waals surface area contributed by atoms with Gasteiger partial charge in [-0.3, -0.25) is 0 Å². The molecule has 0 atom stereocenters. The molecule has 0 aliphatic heterocycles. The minimum atomic E-state index is -0.595. The molecule has 0 fully saturated rings. The van der Waals surface area contributed by atoms with Crippen LogP contribution in [-0.4, -0.2) is 19.9 Å². The third-order valence-electron chi connectivity index (χ3n) is 3.04. The predicted octanol–water partition coefficient (Wildman–Crippen LogP) is 1.51. The number of nitrogens with zero attached hydrogens (tertiary/aromatic N) is 2. The molecule has 20 heavy (non-hydrogen) atoms. The molecule has 4 N–H and O–H groups in total. The summed E-state index contributed by atoms with van der Waals surface area (Å²) in [4.78, 5) is 25.4. The predicted molar refractivity (Wildman–Crippen MR) is 77.2 cm³/mol. The third-order valence-corrected chi connectivity index (χ3v) is 3.04.